The van der Waals surface area contributed by atoms with Gasteiger partial charge in [-0.1, -0.05) is 35.9 Å². The molecule has 0 bridgehead atoms. The molecule has 1 heterocycles. The minimum absolute atomic E-state index is 0.0785. The summed E-state index contributed by atoms with van der Waals surface area (Å²) in [5.41, 5.74) is 3.29. The molecule has 126 valence electrons. The van der Waals surface area contributed by atoms with Crippen molar-refractivity contribution in [1.82, 2.24) is 4.90 Å². The van der Waals surface area contributed by atoms with Crippen LogP contribution < -0.4 is 4.90 Å². The summed E-state index contributed by atoms with van der Waals surface area (Å²) in [7, 11) is 0. The van der Waals surface area contributed by atoms with Crippen LogP contribution in [0.15, 0.2) is 48.5 Å². The van der Waals surface area contributed by atoms with Crippen molar-refractivity contribution in [3.8, 4) is 0 Å². The first-order valence-corrected chi connectivity index (χ1v) is 8.50. The maximum Gasteiger partial charge on any atom is 0.307 e. The van der Waals surface area contributed by atoms with Crippen LogP contribution >= 0.6 is 11.6 Å². The molecule has 1 fully saturated rings. The molecule has 0 amide bonds. The number of rotatable bonds is 5. The minimum atomic E-state index is -0.793. The summed E-state index contributed by atoms with van der Waals surface area (Å²) in [4.78, 5) is 15.5. The molecule has 2 aromatic rings. The van der Waals surface area contributed by atoms with Gasteiger partial charge in [0.15, 0.2) is 0 Å². The fraction of sp³-hybridized carbons (Fsp3) is 0.316. The van der Waals surface area contributed by atoms with Crippen molar-refractivity contribution in [2.75, 3.05) is 31.1 Å². The van der Waals surface area contributed by atoms with Gasteiger partial charge in [-0.25, -0.2) is 0 Å². The molecule has 1 aliphatic heterocycles. The van der Waals surface area contributed by atoms with Gasteiger partial charge in [0.25, 0.3) is 0 Å². The highest BCUT2D eigenvalue weighted by atomic mass is 35.5. The summed E-state index contributed by atoms with van der Waals surface area (Å²) < 4.78 is 0. The van der Waals surface area contributed by atoms with Crippen LogP contribution in [0.2, 0.25) is 5.02 Å². The summed E-state index contributed by atoms with van der Waals surface area (Å²) in [6.45, 7) is 4.93. The van der Waals surface area contributed by atoms with Crippen molar-refractivity contribution in [1.29, 1.82) is 0 Å². The Hall–Kier alpha value is -2.04. The van der Waals surface area contributed by atoms with Crippen molar-refractivity contribution >= 4 is 23.3 Å². The smallest absolute Gasteiger partial charge is 0.307 e. The third-order valence-electron chi connectivity index (χ3n) is 4.35. The zero-order chi connectivity index (χ0) is 16.9. The van der Waals surface area contributed by atoms with Crippen molar-refractivity contribution < 1.29 is 9.90 Å². The molecule has 0 aliphatic carbocycles. The number of carbonyl (C=O) groups is 1. The van der Waals surface area contributed by atoms with Crippen LogP contribution in [0.3, 0.4) is 0 Å². The first-order valence-electron chi connectivity index (χ1n) is 8.12. The van der Waals surface area contributed by atoms with E-state index in [-0.39, 0.29) is 6.42 Å². The third kappa shape index (κ3) is 4.49. The Bertz CT molecular complexity index is 678. The number of piperazine rings is 1. The van der Waals surface area contributed by atoms with Gasteiger partial charge in [-0.2, -0.15) is 0 Å². The molecule has 0 saturated carbocycles. The number of hydrogen-bond donors (Lipinski definition) is 1. The van der Waals surface area contributed by atoms with Gasteiger partial charge in [0, 0.05) is 43.4 Å². The Balaban J connectivity index is 1.52. The van der Waals surface area contributed by atoms with Crippen molar-refractivity contribution in [3.63, 3.8) is 0 Å². The molecular formula is C19H21ClN2O2. The number of nitrogens with zero attached hydrogens (tertiary/aromatic N) is 2. The number of carboxylic acid groups (broad SMARTS) is 1. The maximum atomic E-state index is 10.7. The summed E-state index contributed by atoms with van der Waals surface area (Å²) in [5.74, 6) is -0.793. The predicted molar refractivity (Wildman–Crippen MR) is 96.7 cm³/mol. The highest BCUT2D eigenvalue weighted by Gasteiger charge is 2.17. The van der Waals surface area contributed by atoms with E-state index < -0.39 is 5.97 Å². The largest absolute Gasteiger partial charge is 0.481 e. The lowest BCUT2D eigenvalue weighted by atomic mass is 10.1. The second-order valence-corrected chi connectivity index (χ2v) is 6.56. The molecule has 1 aliphatic rings. The first-order chi connectivity index (χ1) is 11.6. The Morgan fingerprint density at radius 1 is 0.917 bits per heavy atom. The number of benzene rings is 2. The van der Waals surface area contributed by atoms with Gasteiger partial charge in [0.2, 0.25) is 0 Å². The van der Waals surface area contributed by atoms with E-state index in [4.69, 9.17) is 16.7 Å². The molecule has 0 aromatic heterocycles. The lowest BCUT2D eigenvalue weighted by molar-refractivity contribution is -0.136. The lowest BCUT2D eigenvalue weighted by Gasteiger charge is -2.36. The monoisotopic (exact) mass is 344 g/mol. The second kappa shape index (κ2) is 7.69. The van der Waals surface area contributed by atoms with Crippen LogP contribution in [0.4, 0.5) is 5.69 Å². The molecule has 0 atom stereocenters. The van der Waals surface area contributed by atoms with Crippen LogP contribution in [-0.2, 0) is 17.8 Å². The average Bonchev–Trinajstić information content (AvgIpc) is 2.58. The van der Waals surface area contributed by atoms with Gasteiger partial charge in [-0.15, -0.1) is 0 Å². The third-order valence-corrected chi connectivity index (χ3v) is 4.60. The Morgan fingerprint density at radius 3 is 2.08 bits per heavy atom. The molecule has 3 rings (SSSR count). The van der Waals surface area contributed by atoms with E-state index >= 15 is 0 Å². The number of aliphatic carboxylic acids is 1. The van der Waals surface area contributed by atoms with E-state index in [1.54, 1.807) is 0 Å². The Kier molecular flexibility index (Phi) is 5.38. The number of halogens is 1. The van der Waals surface area contributed by atoms with Crippen molar-refractivity contribution in [2.24, 2.45) is 0 Å². The number of hydrogen-bond acceptors (Lipinski definition) is 3. The second-order valence-electron chi connectivity index (χ2n) is 6.13. The predicted octanol–water partition coefficient (Wildman–Crippen LogP) is 3.29. The first kappa shape index (κ1) is 16.8. The number of anilines is 1. The van der Waals surface area contributed by atoms with Gasteiger partial charge in [-0.3, -0.25) is 9.69 Å². The van der Waals surface area contributed by atoms with Crippen LogP contribution in [0.5, 0.6) is 0 Å². The quantitative estimate of drug-likeness (QED) is 0.904. The fourth-order valence-electron chi connectivity index (χ4n) is 3.01. The Labute approximate surface area is 147 Å². The van der Waals surface area contributed by atoms with E-state index in [0.717, 1.165) is 49.0 Å². The summed E-state index contributed by atoms with van der Waals surface area (Å²) in [6, 6.07) is 15.9. The highest BCUT2D eigenvalue weighted by Crippen LogP contribution is 2.19. The molecule has 5 heteroatoms. The topological polar surface area (TPSA) is 43.8 Å². The molecule has 0 spiro atoms. The normalized spacial score (nSPS) is 15.5. The fourth-order valence-corrected chi connectivity index (χ4v) is 3.14. The molecule has 0 radical (unpaired) electrons. The average molecular weight is 345 g/mol. The SMILES string of the molecule is O=C(O)Cc1ccc(N2CCN(Cc3ccc(Cl)cc3)CC2)cc1. The highest BCUT2D eigenvalue weighted by molar-refractivity contribution is 6.30. The molecule has 1 saturated heterocycles. The van der Waals surface area contributed by atoms with Crippen LogP contribution in [0.25, 0.3) is 0 Å². The van der Waals surface area contributed by atoms with E-state index in [1.165, 1.54) is 5.56 Å². The summed E-state index contributed by atoms with van der Waals surface area (Å²) in [6.07, 6.45) is 0.0785. The number of carboxylic acids is 1. The van der Waals surface area contributed by atoms with E-state index in [0.29, 0.717) is 0 Å². The van der Waals surface area contributed by atoms with Gasteiger partial charge in [-0.05, 0) is 35.4 Å². The van der Waals surface area contributed by atoms with E-state index in [2.05, 4.69) is 21.9 Å². The zero-order valence-electron chi connectivity index (χ0n) is 13.5. The van der Waals surface area contributed by atoms with Crippen LogP contribution in [0.1, 0.15) is 11.1 Å². The minimum Gasteiger partial charge on any atom is -0.481 e. The zero-order valence-corrected chi connectivity index (χ0v) is 14.2. The lowest BCUT2D eigenvalue weighted by Crippen LogP contribution is -2.45. The van der Waals surface area contributed by atoms with E-state index in [1.807, 2.05) is 36.4 Å². The molecule has 24 heavy (non-hydrogen) atoms. The van der Waals surface area contributed by atoms with Crippen molar-refractivity contribution in [2.45, 2.75) is 13.0 Å². The summed E-state index contributed by atoms with van der Waals surface area (Å²) in [5, 5.41) is 9.60. The molecule has 0 unspecified atom stereocenters. The molecule has 1 N–H and O–H groups in total. The molecule has 2 aromatic carbocycles. The van der Waals surface area contributed by atoms with Gasteiger partial charge in [0.1, 0.15) is 0 Å². The standard InChI is InChI=1S/C19H21ClN2O2/c20-17-5-1-16(2-6-17)14-21-9-11-22(12-10-21)18-7-3-15(4-8-18)13-19(23)24/h1-8H,9-14H2,(H,23,24). The van der Waals surface area contributed by atoms with E-state index in [9.17, 15) is 4.79 Å². The van der Waals surface area contributed by atoms with Crippen molar-refractivity contribution in [3.05, 3.63) is 64.7 Å². The van der Waals surface area contributed by atoms with Crippen LogP contribution in [0, 0.1) is 0 Å². The molecule has 4 nitrogen and oxygen atoms in total. The van der Waals surface area contributed by atoms with Gasteiger partial charge in [0.05, 0.1) is 6.42 Å². The van der Waals surface area contributed by atoms with Crippen LogP contribution in [-0.4, -0.2) is 42.2 Å². The maximum absolute atomic E-state index is 10.7. The Morgan fingerprint density at radius 2 is 1.50 bits per heavy atom. The van der Waals surface area contributed by atoms with Gasteiger partial charge >= 0.3 is 5.97 Å². The molecular weight excluding hydrogens is 324 g/mol. The van der Waals surface area contributed by atoms with Gasteiger partial charge < -0.3 is 10.0 Å². The summed E-state index contributed by atoms with van der Waals surface area (Å²) >= 11 is 5.93.